The minimum atomic E-state index is -0.293. The van der Waals surface area contributed by atoms with E-state index in [1.165, 1.54) is 32.4 Å². The van der Waals surface area contributed by atoms with E-state index in [1.54, 1.807) is 6.07 Å². The topological polar surface area (TPSA) is 45.2 Å². The Labute approximate surface area is 247 Å². The van der Waals surface area contributed by atoms with E-state index in [-0.39, 0.29) is 45.1 Å². The summed E-state index contributed by atoms with van der Waals surface area (Å²) in [5.74, 6) is 2.59. The number of amides is 1. The first kappa shape index (κ1) is 27.4. The summed E-state index contributed by atoms with van der Waals surface area (Å²) in [7, 11) is 0. The Kier molecular flexibility index (Phi) is 8.13. The van der Waals surface area contributed by atoms with Crippen molar-refractivity contribution in [2.45, 2.75) is 74.0 Å². The third-order valence-electron chi connectivity index (χ3n) is 9.10. The van der Waals surface area contributed by atoms with Crippen LogP contribution in [0.15, 0.2) is 30.2 Å². The van der Waals surface area contributed by atoms with Crippen LogP contribution >= 0.6 is 23.2 Å². The summed E-state index contributed by atoms with van der Waals surface area (Å²) in [6.45, 7) is 10.0. The maximum atomic E-state index is 14.1. The number of carbonyl (C=O) groups excluding carboxylic acids is 1. The number of fused-ring (bicyclic) bond motifs is 1. The summed E-state index contributed by atoms with van der Waals surface area (Å²) in [4.78, 5) is 18.8. The van der Waals surface area contributed by atoms with Gasteiger partial charge in [0.05, 0.1) is 0 Å². The van der Waals surface area contributed by atoms with Crippen LogP contribution in [0, 0.1) is 11.8 Å². The average molecular weight is 675 g/mol. The molecular weight excluding hydrogens is 636 g/mol. The van der Waals surface area contributed by atoms with Gasteiger partial charge in [-0.15, -0.1) is 0 Å². The van der Waals surface area contributed by atoms with Crippen molar-refractivity contribution in [3.8, 4) is 0 Å². The van der Waals surface area contributed by atoms with Crippen LogP contribution in [0.4, 0.5) is 0 Å². The van der Waals surface area contributed by atoms with Gasteiger partial charge < -0.3 is 0 Å². The molecular formula is C29H39Cl2IN3O3-. The number of carbonyl (C=O) groups is 1. The molecule has 0 bridgehead atoms. The molecule has 4 aliphatic heterocycles. The number of hydrogen-bond donors (Lipinski definition) is 0. The molecule has 210 valence electrons. The zero-order valence-corrected chi connectivity index (χ0v) is 26.1. The number of hydrogen-bond acceptors (Lipinski definition) is 5. The number of allylic oxidation sites excluding steroid dienone is 1. The minimum absolute atomic E-state index is 0.115. The standard InChI is InChI=1S/C29H39Cl2IN3O3/c1-19-14-22(19)27-26(32-34-9-3-4-10-34)28-29(2,18-38-27)33(17-21-6-5-13-37-21)11-12-35(28)25(36)16-20-7-8-23(30)24(31)15-20/h7-8,15,17,19,22,26-28H,3-6,9-14,16,18H2,1-2H3/q-1/b21-17-/t19?,22-,26?,27?,28?,29?/m0/s1. The van der Waals surface area contributed by atoms with Gasteiger partial charge in [0.15, 0.2) is 0 Å². The van der Waals surface area contributed by atoms with E-state index >= 15 is 0 Å². The fourth-order valence-electron chi connectivity index (χ4n) is 6.76. The van der Waals surface area contributed by atoms with E-state index in [4.69, 9.17) is 32.7 Å². The van der Waals surface area contributed by atoms with Crippen LogP contribution in [0.25, 0.3) is 0 Å². The van der Waals surface area contributed by atoms with Gasteiger partial charge >= 0.3 is 249 Å². The third-order valence-corrected chi connectivity index (χ3v) is 13.6. The number of benzene rings is 1. The zero-order valence-electron chi connectivity index (χ0n) is 22.4. The molecule has 1 amide bonds. The maximum absolute atomic E-state index is 14.1. The summed E-state index contributed by atoms with van der Waals surface area (Å²) in [5.41, 5.74) is 0.628. The third kappa shape index (κ3) is 5.44. The normalized spacial score (nSPS) is 36.5. The number of nitrogens with zero attached hydrogens (tertiary/aromatic N) is 3. The molecule has 5 unspecified atom stereocenters. The Morgan fingerprint density at radius 3 is 2.63 bits per heavy atom. The quantitative estimate of drug-likeness (QED) is 0.263. The second-order valence-corrected chi connectivity index (χ2v) is 16.0. The van der Waals surface area contributed by atoms with Crippen molar-refractivity contribution in [3.63, 3.8) is 0 Å². The van der Waals surface area contributed by atoms with Crippen molar-refractivity contribution < 1.29 is 35.7 Å². The number of alkyl halides is 1. The van der Waals surface area contributed by atoms with Crippen molar-refractivity contribution in [2.24, 2.45) is 11.8 Å². The van der Waals surface area contributed by atoms with Crippen molar-refractivity contribution in [2.75, 3.05) is 39.4 Å². The fraction of sp³-hybridized carbons (Fsp3) is 0.690. The molecule has 38 heavy (non-hydrogen) atoms. The molecule has 6 nitrogen and oxygen atoms in total. The Morgan fingerprint density at radius 1 is 1.16 bits per heavy atom. The molecule has 1 aliphatic carbocycles. The summed E-state index contributed by atoms with van der Waals surface area (Å²) in [6, 6.07) is 5.68. The van der Waals surface area contributed by atoms with Gasteiger partial charge in [0, 0.05) is 0 Å². The molecule has 0 N–H and O–H groups in total. The van der Waals surface area contributed by atoms with Crippen LogP contribution in [0.2, 0.25) is 10.0 Å². The molecule has 5 aliphatic rings. The number of piperazine rings is 1. The van der Waals surface area contributed by atoms with Crippen LogP contribution in [-0.4, -0.2) is 79.8 Å². The molecule has 1 aromatic carbocycles. The fourth-order valence-corrected chi connectivity index (χ4v) is 11.8. The van der Waals surface area contributed by atoms with Crippen molar-refractivity contribution in [1.29, 1.82) is 0 Å². The zero-order chi connectivity index (χ0) is 26.4. The van der Waals surface area contributed by atoms with Gasteiger partial charge in [-0.2, -0.15) is 0 Å². The Balaban J connectivity index is 1.34. The summed E-state index contributed by atoms with van der Waals surface area (Å²) >= 11 is 12.2. The van der Waals surface area contributed by atoms with Crippen LogP contribution in [-0.2, 0) is 20.7 Å². The van der Waals surface area contributed by atoms with Gasteiger partial charge in [-0.3, -0.25) is 0 Å². The summed E-state index contributed by atoms with van der Waals surface area (Å²) in [6.07, 6.45) is 8.72. The molecule has 6 atom stereocenters. The van der Waals surface area contributed by atoms with Gasteiger partial charge in [0.1, 0.15) is 0 Å². The molecule has 6 rings (SSSR count). The van der Waals surface area contributed by atoms with Gasteiger partial charge in [-0.25, -0.2) is 0 Å². The second kappa shape index (κ2) is 11.3. The molecule has 0 spiro atoms. The molecule has 4 saturated heterocycles. The van der Waals surface area contributed by atoms with Gasteiger partial charge in [0.25, 0.3) is 0 Å². The van der Waals surface area contributed by atoms with Gasteiger partial charge in [0.2, 0.25) is 0 Å². The molecule has 1 saturated carbocycles. The molecule has 5 fully saturated rings. The first-order valence-electron chi connectivity index (χ1n) is 14.2. The van der Waals surface area contributed by atoms with Crippen LogP contribution in [0.5, 0.6) is 0 Å². The van der Waals surface area contributed by atoms with Gasteiger partial charge in [-0.1, -0.05) is 0 Å². The molecule has 0 radical (unpaired) electrons. The number of ether oxygens (including phenoxy) is 2. The Hall–Kier alpha value is -0.740. The average Bonchev–Trinajstić information content (AvgIpc) is 3.27. The summed E-state index contributed by atoms with van der Waals surface area (Å²) < 4.78 is 15.9. The SMILES string of the molecule is CC1C[C@@H]1C1OCC2(C)C(C1[I-]N1CCCC1)N(C(=O)Cc1ccc(Cl)c(Cl)c1)CCN2/C=C1/CCCO1. The summed E-state index contributed by atoms with van der Waals surface area (Å²) in [5, 5.41) is 1.02. The monoisotopic (exact) mass is 674 g/mol. The Morgan fingerprint density at radius 2 is 1.95 bits per heavy atom. The van der Waals surface area contributed by atoms with Crippen LogP contribution in [0.3, 0.4) is 0 Å². The number of rotatable bonds is 6. The van der Waals surface area contributed by atoms with Gasteiger partial charge in [-0.05, 0) is 0 Å². The molecule has 0 aromatic heterocycles. The van der Waals surface area contributed by atoms with E-state index in [2.05, 4.69) is 33.0 Å². The van der Waals surface area contributed by atoms with Crippen molar-refractivity contribution >= 4 is 29.1 Å². The van der Waals surface area contributed by atoms with Crippen LogP contribution in [0.1, 0.15) is 51.5 Å². The van der Waals surface area contributed by atoms with E-state index in [0.29, 0.717) is 38.8 Å². The van der Waals surface area contributed by atoms with E-state index < -0.39 is 0 Å². The number of halogens is 3. The predicted molar refractivity (Wildman–Crippen MR) is 146 cm³/mol. The first-order chi connectivity index (χ1) is 18.3. The Bertz CT molecular complexity index is 1080. The van der Waals surface area contributed by atoms with Crippen LogP contribution < -0.4 is 21.5 Å². The molecule has 1 aromatic rings. The molecule has 9 heteroatoms. The van der Waals surface area contributed by atoms with E-state index in [9.17, 15) is 4.79 Å². The second-order valence-electron chi connectivity index (χ2n) is 11.9. The predicted octanol–water partition coefficient (Wildman–Crippen LogP) is 1.98. The van der Waals surface area contributed by atoms with Crippen molar-refractivity contribution in [3.05, 3.63) is 45.8 Å². The van der Waals surface area contributed by atoms with E-state index in [0.717, 1.165) is 43.9 Å². The first-order valence-corrected chi connectivity index (χ1v) is 17.1. The molecule has 4 heterocycles. The van der Waals surface area contributed by atoms with E-state index in [1.807, 2.05) is 12.1 Å². The van der Waals surface area contributed by atoms with Crippen molar-refractivity contribution in [1.82, 2.24) is 12.9 Å².